The minimum absolute atomic E-state index is 0.0229. The van der Waals surface area contributed by atoms with Gasteiger partial charge in [0.1, 0.15) is 0 Å². The Morgan fingerprint density at radius 3 is 2.65 bits per heavy atom. The first-order valence-corrected chi connectivity index (χ1v) is 8.72. The fraction of sp³-hybridized carbons (Fsp3) is 0.263. The van der Waals surface area contributed by atoms with E-state index >= 15 is 0 Å². The molecule has 3 rings (SSSR count). The number of fused-ring (bicyclic) bond motifs is 1. The molecular weight excluding hydrogens is 304 g/mol. The van der Waals surface area contributed by atoms with Crippen LogP contribution in [-0.2, 0) is 4.79 Å². The number of amides is 1. The molecule has 1 atom stereocenters. The predicted octanol–water partition coefficient (Wildman–Crippen LogP) is 5.13. The summed E-state index contributed by atoms with van der Waals surface area (Å²) in [5, 5.41) is 3.69. The number of nitrogens with one attached hydrogen (secondary N) is 1. The van der Waals surface area contributed by atoms with Crippen molar-refractivity contribution in [2.75, 3.05) is 5.32 Å². The van der Waals surface area contributed by atoms with Crippen molar-refractivity contribution in [1.82, 2.24) is 4.98 Å². The van der Waals surface area contributed by atoms with Gasteiger partial charge < -0.3 is 5.32 Å². The van der Waals surface area contributed by atoms with Gasteiger partial charge in [-0.3, -0.25) is 4.79 Å². The number of hydrogen-bond acceptors (Lipinski definition) is 3. The molecule has 0 fully saturated rings. The molecule has 0 aliphatic rings. The lowest BCUT2D eigenvalue weighted by Gasteiger charge is -2.15. The molecule has 0 unspecified atom stereocenters. The third-order valence-electron chi connectivity index (χ3n) is 3.95. The van der Waals surface area contributed by atoms with Gasteiger partial charge in [-0.1, -0.05) is 67.1 Å². The number of aryl methyl sites for hydroxylation is 1. The van der Waals surface area contributed by atoms with Crippen molar-refractivity contribution >= 4 is 32.6 Å². The predicted molar refractivity (Wildman–Crippen MR) is 97.1 cm³/mol. The summed E-state index contributed by atoms with van der Waals surface area (Å²) in [6, 6.07) is 16.1. The molecule has 4 heteroatoms. The second-order valence-electron chi connectivity index (χ2n) is 5.68. The third kappa shape index (κ3) is 3.42. The standard InChI is InChI=1S/C19H20N2OS/c1-3-8-15(14-10-5-4-6-11-14)18(22)21-19-20-17-13(2)9-7-12-16(17)23-19/h4-7,9-12,15H,3,8H2,1-2H3,(H,20,21,22)/t15-/m0/s1. The number of para-hydroxylation sites is 1. The Morgan fingerprint density at radius 2 is 1.96 bits per heavy atom. The van der Waals surface area contributed by atoms with Gasteiger partial charge in [0.05, 0.1) is 16.1 Å². The van der Waals surface area contributed by atoms with Gasteiger partial charge >= 0.3 is 0 Å². The van der Waals surface area contributed by atoms with Crippen LogP contribution in [0.5, 0.6) is 0 Å². The van der Waals surface area contributed by atoms with Gasteiger partial charge in [0.15, 0.2) is 5.13 Å². The van der Waals surface area contributed by atoms with Gasteiger partial charge in [-0.05, 0) is 30.5 Å². The normalized spacial score (nSPS) is 12.3. The lowest BCUT2D eigenvalue weighted by molar-refractivity contribution is -0.117. The number of hydrogen-bond donors (Lipinski definition) is 1. The molecule has 0 aliphatic heterocycles. The summed E-state index contributed by atoms with van der Waals surface area (Å²) < 4.78 is 1.10. The Balaban J connectivity index is 1.84. The third-order valence-corrected chi connectivity index (χ3v) is 4.88. The SMILES string of the molecule is CCC[C@H](C(=O)Nc1nc2c(C)cccc2s1)c1ccccc1. The lowest BCUT2D eigenvalue weighted by atomic mass is 9.94. The smallest absolute Gasteiger partial charge is 0.233 e. The monoisotopic (exact) mass is 324 g/mol. The second kappa shape index (κ2) is 6.92. The number of thiazole rings is 1. The maximum atomic E-state index is 12.7. The van der Waals surface area contributed by atoms with Crippen molar-refractivity contribution in [3.8, 4) is 0 Å². The number of aromatic nitrogens is 1. The van der Waals surface area contributed by atoms with Crippen LogP contribution in [-0.4, -0.2) is 10.9 Å². The molecule has 1 aromatic heterocycles. The Hall–Kier alpha value is -2.20. The second-order valence-corrected chi connectivity index (χ2v) is 6.71. The molecule has 1 N–H and O–H groups in total. The summed E-state index contributed by atoms with van der Waals surface area (Å²) >= 11 is 1.53. The van der Waals surface area contributed by atoms with Crippen molar-refractivity contribution < 1.29 is 4.79 Å². The van der Waals surface area contributed by atoms with E-state index in [4.69, 9.17) is 0 Å². The van der Waals surface area contributed by atoms with E-state index in [9.17, 15) is 4.79 Å². The van der Waals surface area contributed by atoms with Crippen molar-refractivity contribution in [3.63, 3.8) is 0 Å². The van der Waals surface area contributed by atoms with Crippen molar-refractivity contribution in [2.45, 2.75) is 32.6 Å². The quantitative estimate of drug-likeness (QED) is 0.707. The highest BCUT2D eigenvalue weighted by Crippen LogP contribution is 2.29. The van der Waals surface area contributed by atoms with Crippen LogP contribution in [0.3, 0.4) is 0 Å². The Bertz CT molecular complexity index is 811. The van der Waals surface area contributed by atoms with E-state index in [1.54, 1.807) is 0 Å². The maximum absolute atomic E-state index is 12.7. The van der Waals surface area contributed by atoms with Gasteiger partial charge in [-0.15, -0.1) is 0 Å². The number of carbonyl (C=O) groups excluding carboxylic acids is 1. The zero-order valence-corrected chi connectivity index (χ0v) is 14.2. The van der Waals surface area contributed by atoms with Gasteiger partial charge in [0.2, 0.25) is 5.91 Å². The summed E-state index contributed by atoms with van der Waals surface area (Å²) in [6.07, 6.45) is 1.80. The first kappa shape index (κ1) is 15.7. The summed E-state index contributed by atoms with van der Waals surface area (Å²) in [4.78, 5) is 17.3. The lowest BCUT2D eigenvalue weighted by Crippen LogP contribution is -2.21. The van der Waals surface area contributed by atoms with Crippen LogP contribution in [0, 0.1) is 6.92 Å². The van der Waals surface area contributed by atoms with Crippen molar-refractivity contribution in [3.05, 3.63) is 59.7 Å². The first-order valence-electron chi connectivity index (χ1n) is 7.91. The van der Waals surface area contributed by atoms with Gasteiger partial charge in [-0.25, -0.2) is 4.98 Å². The van der Waals surface area contributed by atoms with Crippen LogP contribution in [0.1, 0.15) is 36.8 Å². The number of carbonyl (C=O) groups is 1. The van der Waals surface area contributed by atoms with E-state index in [1.165, 1.54) is 11.3 Å². The molecule has 118 valence electrons. The van der Waals surface area contributed by atoms with Crippen LogP contribution < -0.4 is 5.32 Å². The fourth-order valence-corrected chi connectivity index (χ4v) is 3.70. The highest BCUT2D eigenvalue weighted by molar-refractivity contribution is 7.22. The summed E-state index contributed by atoms with van der Waals surface area (Å²) in [6.45, 7) is 4.14. The highest BCUT2D eigenvalue weighted by atomic mass is 32.1. The molecule has 0 spiro atoms. The van der Waals surface area contributed by atoms with E-state index in [1.807, 2.05) is 55.5 Å². The molecule has 1 amide bonds. The van der Waals surface area contributed by atoms with Gasteiger partial charge in [0, 0.05) is 0 Å². The minimum Gasteiger partial charge on any atom is -0.301 e. The molecule has 3 aromatic rings. The maximum Gasteiger partial charge on any atom is 0.233 e. The fourth-order valence-electron chi connectivity index (χ4n) is 2.76. The van der Waals surface area contributed by atoms with Crippen LogP contribution in [0.2, 0.25) is 0 Å². The summed E-state index contributed by atoms with van der Waals surface area (Å²) in [5.41, 5.74) is 3.16. The van der Waals surface area contributed by atoms with Crippen molar-refractivity contribution in [2.24, 2.45) is 0 Å². The van der Waals surface area contributed by atoms with Gasteiger partial charge in [-0.2, -0.15) is 0 Å². The largest absolute Gasteiger partial charge is 0.301 e. The Kier molecular flexibility index (Phi) is 4.72. The average molecular weight is 324 g/mol. The number of nitrogens with zero attached hydrogens (tertiary/aromatic N) is 1. The van der Waals surface area contributed by atoms with Crippen molar-refractivity contribution in [1.29, 1.82) is 0 Å². The number of rotatable bonds is 5. The topological polar surface area (TPSA) is 42.0 Å². The zero-order chi connectivity index (χ0) is 16.2. The zero-order valence-electron chi connectivity index (χ0n) is 13.4. The highest BCUT2D eigenvalue weighted by Gasteiger charge is 2.21. The van der Waals surface area contributed by atoms with Crippen LogP contribution in [0.4, 0.5) is 5.13 Å². The van der Waals surface area contributed by atoms with Crippen LogP contribution >= 0.6 is 11.3 Å². The Labute approximate surface area is 140 Å². The Morgan fingerprint density at radius 1 is 1.17 bits per heavy atom. The van der Waals surface area contributed by atoms with E-state index < -0.39 is 0 Å². The van der Waals surface area contributed by atoms with Crippen LogP contribution in [0.15, 0.2) is 48.5 Å². The molecular formula is C19H20N2OS. The first-order chi connectivity index (χ1) is 11.2. The molecule has 0 saturated heterocycles. The molecule has 3 nitrogen and oxygen atoms in total. The summed E-state index contributed by atoms with van der Waals surface area (Å²) in [5.74, 6) is -0.107. The average Bonchev–Trinajstić information content (AvgIpc) is 2.97. The molecule has 0 radical (unpaired) electrons. The molecule has 23 heavy (non-hydrogen) atoms. The van der Waals surface area contributed by atoms with E-state index in [-0.39, 0.29) is 11.8 Å². The van der Waals surface area contributed by atoms with Crippen LogP contribution in [0.25, 0.3) is 10.2 Å². The molecule has 0 bridgehead atoms. The molecule has 0 saturated carbocycles. The van der Waals surface area contributed by atoms with E-state index in [0.29, 0.717) is 5.13 Å². The number of benzene rings is 2. The minimum atomic E-state index is -0.130. The number of anilines is 1. The van der Waals surface area contributed by atoms with E-state index in [2.05, 4.69) is 17.2 Å². The molecule has 2 aromatic carbocycles. The van der Waals surface area contributed by atoms with E-state index in [0.717, 1.165) is 34.2 Å². The molecule has 0 aliphatic carbocycles. The van der Waals surface area contributed by atoms with Gasteiger partial charge in [0.25, 0.3) is 0 Å². The summed E-state index contributed by atoms with van der Waals surface area (Å²) in [7, 11) is 0. The molecule has 1 heterocycles.